The van der Waals surface area contributed by atoms with E-state index in [-0.39, 0.29) is 36.5 Å². The zero-order valence-corrected chi connectivity index (χ0v) is 41.6. The molecule has 12 atom stereocenters. The molecule has 2 heterocycles. The van der Waals surface area contributed by atoms with E-state index in [2.05, 4.69) is 44.2 Å². The molecule has 0 unspecified atom stereocenters. The van der Waals surface area contributed by atoms with E-state index in [9.17, 15) is 14.4 Å². The van der Waals surface area contributed by atoms with Crippen molar-refractivity contribution < 1.29 is 51.3 Å². The number of esters is 2. The molecule has 12 nitrogen and oxygen atoms in total. The molecule has 15 heteroatoms. The molecule has 2 aliphatic heterocycles. The Morgan fingerprint density at radius 1 is 0.911 bits per heavy atom. The highest BCUT2D eigenvalue weighted by atomic mass is 28.4. The zero-order chi connectivity index (χ0) is 43.4. The van der Waals surface area contributed by atoms with Gasteiger partial charge in [0, 0.05) is 37.5 Å². The third kappa shape index (κ3) is 14.5. The maximum Gasteiger partial charge on any atom is 0.311 e. The van der Waals surface area contributed by atoms with E-state index in [0.29, 0.717) is 6.42 Å². The summed E-state index contributed by atoms with van der Waals surface area (Å²) >= 11 is 0. The van der Waals surface area contributed by atoms with Gasteiger partial charge in [-0.3, -0.25) is 14.4 Å². The summed E-state index contributed by atoms with van der Waals surface area (Å²) < 4.78 is 53.0. The first-order chi connectivity index (χ1) is 25.4. The van der Waals surface area contributed by atoms with Crippen molar-refractivity contribution in [1.29, 1.82) is 0 Å². The molecule has 326 valence electrons. The number of hydrogen-bond acceptors (Lipinski definition) is 12. The molecular weight excluding hydrogens is 767 g/mol. The van der Waals surface area contributed by atoms with Crippen molar-refractivity contribution in [3.63, 3.8) is 0 Å². The van der Waals surface area contributed by atoms with Crippen LogP contribution in [0.3, 0.4) is 0 Å². The van der Waals surface area contributed by atoms with Gasteiger partial charge in [-0.25, -0.2) is 0 Å². The van der Waals surface area contributed by atoms with Crippen LogP contribution in [0.15, 0.2) is 11.6 Å². The van der Waals surface area contributed by atoms with Crippen LogP contribution >= 0.6 is 0 Å². The molecule has 0 bridgehead atoms. The van der Waals surface area contributed by atoms with Crippen molar-refractivity contribution >= 4 is 42.7 Å². The van der Waals surface area contributed by atoms with E-state index in [0.717, 1.165) is 6.42 Å². The first kappa shape index (κ1) is 50.9. The number of nitrogens with zero attached hydrogens (tertiary/aromatic N) is 1. The summed E-state index contributed by atoms with van der Waals surface area (Å²) in [6.45, 7) is 33.5. The second-order valence-corrected chi connectivity index (χ2v) is 33.2. The van der Waals surface area contributed by atoms with Gasteiger partial charge < -0.3 is 41.9 Å². The smallest absolute Gasteiger partial charge is 0.311 e. The Balaban J connectivity index is 2.99. The molecule has 0 N–H and O–H groups in total. The maximum absolute atomic E-state index is 14.7. The normalized spacial score (nSPS) is 36.1. The van der Waals surface area contributed by atoms with Gasteiger partial charge in [0.2, 0.25) is 0 Å². The van der Waals surface area contributed by atoms with Crippen molar-refractivity contribution in [2.75, 3.05) is 27.8 Å². The molecule has 2 rings (SSSR count). The number of likely N-dealkylation sites (N-methyl/N-ethyl adjacent to an activating group) is 1. The van der Waals surface area contributed by atoms with Gasteiger partial charge in [-0.05, 0) is 126 Å². The second kappa shape index (κ2) is 19.9. The summed E-state index contributed by atoms with van der Waals surface area (Å²) in [4.78, 5) is 43.6. The Kier molecular flexibility index (Phi) is 18.0. The number of rotatable bonds is 13. The first-order valence-electron chi connectivity index (χ1n) is 20.5. The molecule has 2 aliphatic rings. The average Bonchev–Trinajstić information content (AvgIpc) is 3.04. The summed E-state index contributed by atoms with van der Waals surface area (Å²) in [5.41, 5.74) is -2.05. The lowest BCUT2D eigenvalue weighted by atomic mass is 9.76. The van der Waals surface area contributed by atoms with Crippen LogP contribution in [0.1, 0.15) is 74.7 Å². The number of methoxy groups -OCH3 is 1. The van der Waals surface area contributed by atoms with Gasteiger partial charge in [-0.2, -0.15) is 0 Å². The van der Waals surface area contributed by atoms with Crippen LogP contribution in [0.25, 0.3) is 0 Å². The molecule has 0 aliphatic carbocycles. The van der Waals surface area contributed by atoms with Crippen LogP contribution in [0.2, 0.25) is 58.9 Å². The molecule has 0 aromatic carbocycles. The van der Waals surface area contributed by atoms with Gasteiger partial charge in [0.05, 0.1) is 29.8 Å². The molecule has 1 saturated heterocycles. The lowest BCUT2D eigenvalue weighted by Crippen LogP contribution is -2.62. The molecule has 0 spiro atoms. The van der Waals surface area contributed by atoms with Gasteiger partial charge in [0.1, 0.15) is 24.4 Å². The first-order valence-corrected chi connectivity index (χ1v) is 30.8. The molecule has 0 aromatic rings. The molecule has 0 aromatic heterocycles. The Morgan fingerprint density at radius 3 is 1.93 bits per heavy atom. The van der Waals surface area contributed by atoms with Crippen LogP contribution in [0, 0.1) is 17.8 Å². The molecule has 56 heavy (non-hydrogen) atoms. The Morgan fingerprint density at radius 2 is 1.46 bits per heavy atom. The Hall–Kier alpha value is -1.28. The summed E-state index contributed by atoms with van der Waals surface area (Å²) in [6, 6.07) is 0.00848. The molecule has 1 fully saturated rings. The van der Waals surface area contributed by atoms with Gasteiger partial charge in [-0.15, -0.1) is 0 Å². The second-order valence-electron chi connectivity index (χ2n) is 19.8. The zero-order valence-electron chi connectivity index (χ0n) is 38.6. The topological polar surface area (TPSA) is 128 Å². The van der Waals surface area contributed by atoms with E-state index in [1.807, 2.05) is 82.2 Å². The number of ketones is 1. The fourth-order valence-electron chi connectivity index (χ4n) is 8.27. The minimum atomic E-state index is -2.32. The SMILES string of the molecule is CC[C@H]1OC(=O)[C@H](C)[C@@H](O[Si](C)(C)C)[C@H](C)[C@@H](O[C@@H]2O[C@H](C)C[C@H](N(C)C)[C@H]2O[Si](C)(C)C)[C@@](C)(OC)C[C@@H](C)C(=O)C(COC(C)=O)=C[C@]1(C)O[Si](C)(C)C. The summed E-state index contributed by atoms with van der Waals surface area (Å²) in [5.74, 6) is -3.01. The van der Waals surface area contributed by atoms with Gasteiger partial charge >= 0.3 is 11.9 Å². The molecule has 0 radical (unpaired) electrons. The predicted octanol–water partition coefficient (Wildman–Crippen LogP) is 7.58. The van der Waals surface area contributed by atoms with Gasteiger partial charge in [0.15, 0.2) is 37.0 Å². The van der Waals surface area contributed by atoms with Gasteiger partial charge in [-0.1, -0.05) is 20.8 Å². The minimum absolute atomic E-state index is 0.00848. The summed E-state index contributed by atoms with van der Waals surface area (Å²) in [5, 5.41) is 0. The van der Waals surface area contributed by atoms with Crippen molar-refractivity contribution in [2.45, 2.75) is 188 Å². The summed E-state index contributed by atoms with van der Waals surface area (Å²) in [6.07, 6.45) is -0.385. The van der Waals surface area contributed by atoms with Crippen molar-refractivity contribution in [2.24, 2.45) is 17.8 Å². The number of hydrogen-bond donors (Lipinski definition) is 0. The van der Waals surface area contributed by atoms with Crippen LogP contribution in [0.4, 0.5) is 0 Å². The highest BCUT2D eigenvalue weighted by Gasteiger charge is 2.52. The number of carbonyl (C=O) groups excluding carboxylic acids is 3. The largest absolute Gasteiger partial charge is 0.461 e. The van der Waals surface area contributed by atoms with Crippen LogP contribution in [-0.2, 0) is 51.3 Å². The standard InChI is InChI=1S/C41H79NO11Si3/c1-21-33-40(7,53-56(18,19)20)24-31(25-47-30(6)43)34(44)26(2)23-41(8,46-11)37(28(4)35(51-54(12,13)14)29(5)38(45)49-33)50-39-36(52-55(15,16)17)32(42(9)10)22-27(3)48-39/h24,26-29,32-33,35-37,39H,21-23,25H2,1-20H3/t26-,27-,28+,29-,32+,33-,35+,36-,37-,39+,40+,41+/m1/s1. The fourth-order valence-corrected chi connectivity index (χ4v) is 12.1. The lowest BCUT2D eigenvalue weighted by molar-refractivity contribution is -0.298. The number of ether oxygens (including phenoxy) is 5. The van der Waals surface area contributed by atoms with Crippen molar-refractivity contribution in [3.05, 3.63) is 11.6 Å². The third-order valence-corrected chi connectivity index (χ3v) is 13.6. The van der Waals surface area contributed by atoms with E-state index in [1.165, 1.54) is 6.92 Å². The highest BCUT2D eigenvalue weighted by molar-refractivity contribution is 6.70. The van der Waals surface area contributed by atoms with E-state index in [4.69, 9.17) is 37.0 Å². The van der Waals surface area contributed by atoms with Crippen LogP contribution < -0.4 is 0 Å². The van der Waals surface area contributed by atoms with Crippen LogP contribution in [-0.4, -0.2) is 129 Å². The minimum Gasteiger partial charge on any atom is -0.461 e. The fraction of sp³-hybridized carbons (Fsp3) is 0.878. The summed E-state index contributed by atoms with van der Waals surface area (Å²) in [7, 11) is -1.03. The Bertz CT molecular complexity index is 1360. The van der Waals surface area contributed by atoms with Crippen LogP contribution in [0.5, 0.6) is 0 Å². The van der Waals surface area contributed by atoms with Crippen molar-refractivity contribution in [3.8, 4) is 0 Å². The molecule has 0 saturated carbocycles. The molecular formula is C41H79NO11Si3. The van der Waals surface area contributed by atoms with Gasteiger partial charge in [0.25, 0.3) is 0 Å². The number of carbonyl (C=O) groups is 3. The molecule has 0 amide bonds. The quantitative estimate of drug-likeness (QED) is 0.134. The monoisotopic (exact) mass is 845 g/mol. The van der Waals surface area contributed by atoms with E-state index in [1.54, 1.807) is 13.2 Å². The number of cyclic esters (lactones) is 1. The average molecular weight is 846 g/mol. The van der Waals surface area contributed by atoms with Crippen molar-refractivity contribution in [1.82, 2.24) is 4.90 Å². The third-order valence-electron chi connectivity index (χ3n) is 10.6. The van der Waals surface area contributed by atoms with E-state index < -0.39 is 96.6 Å². The predicted molar refractivity (Wildman–Crippen MR) is 228 cm³/mol. The number of Topliss-reactive ketones (excluding diaryl/α,β-unsaturated/α-hetero) is 1. The van der Waals surface area contributed by atoms with E-state index >= 15 is 0 Å². The highest BCUT2D eigenvalue weighted by Crippen LogP contribution is 2.41. The maximum atomic E-state index is 14.7. The lowest BCUT2D eigenvalue weighted by Gasteiger charge is -2.50. The Labute approximate surface area is 342 Å².